The molecule has 0 aromatic heterocycles. The van der Waals surface area contributed by atoms with Gasteiger partial charge in [-0.1, -0.05) is 42.5 Å². The van der Waals surface area contributed by atoms with Crippen LogP contribution < -0.4 is 10.1 Å². The zero-order valence-corrected chi connectivity index (χ0v) is 18.3. The maximum atomic E-state index is 13.0. The summed E-state index contributed by atoms with van der Waals surface area (Å²) in [6, 6.07) is 20.4. The van der Waals surface area contributed by atoms with Crippen LogP contribution in [0.5, 0.6) is 5.75 Å². The largest absolute Gasteiger partial charge is 0.497 e. The quantitative estimate of drug-likeness (QED) is 0.639. The molecule has 1 aliphatic heterocycles. The van der Waals surface area contributed by atoms with Gasteiger partial charge >= 0.3 is 0 Å². The normalized spacial score (nSPS) is 17.4. The predicted molar refractivity (Wildman–Crippen MR) is 120 cm³/mol. The average Bonchev–Trinajstić information content (AvgIpc) is 2.82. The Labute approximate surface area is 182 Å². The summed E-state index contributed by atoms with van der Waals surface area (Å²) in [5.41, 5.74) is 1.05. The molecule has 0 saturated carbocycles. The zero-order valence-electron chi connectivity index (χ0n) is 17.5. The van der Waals surface area contributed by atoms with Crippen LogP contribution in [0.15, 0.2) is 71.6 Å². The SMILES string of the molecule is COc1ccc(S(=O)(=O)N2CCCC(C(=O)NCc3cccc4ccccc34)C2)cc1. The molecule has 3 aromatic carbocycles. The molecular weight excluding hydrogens is 412 g/mol. The summed E-state index contributed by atoms with van der Waals surface area (Å²) in [5, 5.41) is 5.25. The summed E-state index contributed by atoms with van der Waals surface area (Å²) in [5.74, 6) is 0.127. The number of amides is 1. The Balaban J connectivity index is 1.43. The molecular formula is C24H26N2O4S. The van der Waals surface area contributed by atoms with E-state index in [-0.39, 0.29) is 23.3 Å². The maximum Gasteiger partial charge on any atom is 0.243 e. The molecule has 0 spiro atoms. The van der Waals surface area contributed by atoms with Crippen molar-refractivity contribution in [1.29, 1.82) is 0 Å². The number of ether oxygens (including phenoxy) is 1. The molecule has 1 fully saturated rings. The fraction of sp³-hybridized carbons (Fsp3) is 0.292. The molecule has 1 saturated heterocycles. The molecule has 1 amide bonds. The number of hydrogen-bond acceptors (Lipinski definition) is 4. The third-order valence-electron chi connectivity index (χ3n) is 5.79. The molecule has 1 aliphatic rings. The second kappa shape index (κ2) is 9.08. The summed E-state index contributed by atoms with van der Waals surface area (Å²) in [4.78, 5) is 13.1. The minimum absolute atomic E-state index is 0.109. The van der Waals surface area contributed by atoms with E-state index >= 15 is 0 Å². The van der Waals surface area contributed by atoms with Gasteiger partial charge in [0.15, 0.2) is 0 Å². The first-order valence-electron chi connectivity index (χ1n) is 10.4. The highest BCUT2D eigenvalue weighted by Gasteiger charge is 2.33. The van der Waals surface area contributed by atoms with E-state index in [1.54, 1.807) is 24.3 Å². The third kappa shape index (κ3) is 4.57. The smallest absolute Gasteiger partial charge is 0.243 e. The van der Waals surface area contributed by atoms with Gasteiger partial charge in [-0.05, 0) is 53.4 Å². The van der Waals surface area contributed by atoms with Crippen LogP contribution >= 0.6 is 0 Å². The fourth-order valence-corrected chi connectivity index (χ4v) is 5.57. The number of carbonyl (C=O) groups excluding carboxylic acids is 1. The van der Waals surface area contributed by atoms with Crippen molar-refractivity contribution in [3.05, 3.63) is 72.3 Å². The summed E-state index contributed by atoms with van der Waals surface area (Å²) < 4.78 is 32.6. The molecule has 1 heterocycles. The maximum absolute atomic E-state index is 13.0. The minimum Gasteiger partial charge on any atom is -0.497 e. The van der Waals surface area contributed by atoms with E-state index in [2.05, 4.69) is 5.32 Å². The highest BCUT2D eigenvalue weighted by Crippen LogP contribution is 2.25. The van der Waals surface area contributed by atoms with E-state index in [0.717, 1.165) is 16.3 Å². The van der Waals surface area contributed by atoms with Crippen LogP contribution in [-0.4, -0.2) is 38.8 Å². The van der Waals surface area contributed by atoms with Gasteiger partial charge in [-0.3, -0.25) is 4.79 Å². The average molecular weight is 439 g/mol. The standard InChI is InChI=1S/C24H26N2O4S/c1-30-21-11-13-22(14-12-21)31(28,29)26-15-5-9-20(17-26)24(27)25-16-19-8-4-7-18-6-2-3-10-23(18)19/h2-4,6-8,10-14,20H,5,9,15-17H2,1H3,(H,25,27). The van der Waals surface area contributed by atoms with E-state index in [1.807, 2.05) is 42.5 Å². The van der Waals surface area contributed by atoms with Crippen molar-refractivity contribution in [1.82, 2.24) is 9.62 Å². The number of methoxy groups -OCH3 is 1. The van der Waals surface area contributed by atoms with Crippen LogP contribution in [0.2, 0.25) is 0 Å². The molecule has 1 N–H and O–H groups in total. The molecule has 7 heteroatoms. The number of carbonyl (C=O) groups is 1. The number of nitrogens with zero attached hydrogens (tertiary/aromatic N) is 1. The fourth-order valence-electron chi connectivity index (χ4n) is 4.04. The second-order valence-electron chi connectivity index (χ2n) is 7.73. The van der Waals surface area contributed by atoms with Gasteiger partial charge in [0.2, 0.25) is 15.9 Å². The molecule has 0 aliphatic carbocycles. The lowest BCUT2D eigenvalue weighted by Crippen LogP contribution is -2.45. The highest BCUT2D eigenvalue weighted by atomic mass is 32.2. The molecule has 6 nitrogen and oxygen atoms in total. The Morgan fingerprint density at radius 3 is 2.58 bits per heavy atom. The molecule has 0 bridgehead atoms. The number of nitrogens with one attached hydrogen (secondary N) is 1. The lowest BCUT2D eigenvalue weighted by Gasteiger charge is -2.31. The summed E-state index contributed by atoms with van der Waals surface area (Å²) in [6.45, 7) is 1.03. The van der Waals surface area contributed by atoms with Crippen LogP contribution in [0.25, 0.3) is 10.8 Å². The predicted octanol–water partition coefficient (Wildman–Crippen LogP) is 3.57. The first kappa shape index (κ1) is 21.3. The third-order valence-corrected chi connectivity index (χ3v) is 7.66. The van der Waals surface area contributed by atoms with Crippen LogP contribution in [-0.2, 0) is 21.4 Å². The Bertz CT molecular complexity index is 1170. The monoisotopic (exact) mass is 438 g/mol. The Kier molecular flexibility index (Phi) is 6.25. The Morgan fingerprint density at radius 1 is 1.06 bits per heavy atom. The minimum atomic E-state index is -3.65. The van der Waals surface area contributed by atoms with Crippen LogP contribution in [0.4, 0.5) is 0 Å². The summed E-state index contributed by atoms with van der Waals surface area (Å²) >= 11 is 0. The molecule has 162 valence electrons. The number of piperidine rings is 1. The first-order valence-corrected chi connectivity index (χ1v) is 11.8. The molecule has 31 heavy (non-hydrogen) atoms. The zero-order chi connectivity index (χ0) is 21.8. The van der Waals surface area contributed by atoms with E-state index in [9.17, 15) is 13.2 Å². The molecule has 4 rings (SSSR count). The lowest BCUT2D eigenvalue weighted by atomic mass is 9.98. The topological polar surface area (TPSA) is 75.7 Å². The van der Waals surface area contributed by atoms with Crippen LogP contribution in [0, 0.1) is 5.92 Å². The molecule has 1 unspecified atom stereocenters. The van der Waals surface area contributed by atoms with Crippen molar-refractivity contribution in [2.75, 3.05) is 20.2 Å². The first-order chi connectivity index (χ1) is 15.0. The lowest BCUT2D eigenvalue weighted by molar-refractivity contribution is -0.126. The summed E-state index contributed by atoms with van der Waals surface area (Å²) in [6.07, 6.45) is 1.33. The number of rotatable bonds is 6. The number of hydrogen-bond donors (Lipinski definition) is 1. The number of benzene rings is 3. The van der Waals surface area contributed by atoms with Crippen LogP contribution in [0.1, 0.15) is 18.4 Å². The Morgan fingerprint density at radius 2 is 1.81 bits per heavy atom. The Hall–Kier alpha value is -2.90. The van der Waals surface area contributed by atoms with E-state index < -0.39 is 10.0 Å². The van der Waals surface area contributed by atoms with Gasteiger partial charge in [0.25, 0.3) is 0 Å². The van der Waals surface area contributed by atoms with Gasteiger partial charge in [0.1, 0.15) is 5.75 Å². The molecule has 0 radical (unpaired) electrons. The van der Waals surface area contributed by atoms with Crippen molar-refractivity contribution in [3.63, 3.8) is 0 Å². The van der Waals surface area contributed by atoms with Crippen molar-refractivity contribution < 1.29 is 17.9 Å². The van der Waals surface area contributed by atoms with Gasteiger partial charge in [-0.25, -0.2) is 8.42 Å². The van der Waals surface area contributed by atoms with Gasteiger partial charge in [0, 0.05) is 19.6 Å². The number of sulfonamides is 1. The van der Waals surface area contributed by atoms with Gasteiger partial charge in [0.05, 0.1) is 17.9 Å². The van der Waals surface area contributed by atoms with E-state index in [0.29, 0.717) is 31.7 Å². The number of fused-ring (bicyclic) bond motifs is 1. The molecule has 1 atom stereocenters. The van der Waals surface area contributed by atoms with Crippen LogP contribution in [0.3, 0.4) is 0 Å². The van der Waals surface area contributed by atoms with Crippen molar-refractivity contribution in [3.8, 4) is 5.75 Å². The van der Waals surface area contributed by atoms with Gasteiger partial charge < -0.3 is 10.1 Å². The van der Waals surface area contributed by atoms with E-state index in [1.165, 1.54) is 11.4 Å². The van der Waals surface area contributed by atoms with Gasteiger partial charge in [-0.2, -0.15) is 4.31 Å². The molecule has 3 aromatic rings. The van der Waals surface area contributed by atoms with Crippen molar-refractivity contribution in [2.24, 2.45) is 5.92 Å². The summed E-state index contributed by atoms with van der Waals surface area (Å²) in [7, 11) is -2.11. The van der Waals surface area contributed by atoms with Crippen molar-refractivity contribution >= 4 is 26.7 Å². The highest BCUT2D eigenvalue weighted by molar-refractivity contribution is 7.89. The van der Waals surface area contributed by atoms with E-state index in [4.69, 9.17) is 4.74 Å². The second-order valence-corrected chi connectivity index (χ2v) is 9.67. The van der Waals surface area contributed by atoms with Crippen molar-refractivity contribution in [2.45, 2.75) is 24.3 Å². The van der Waals surface area contributed by atoms with Gasteiger partial charge in [-0.15, -0.1) is 0 Å².